The fourth-order valence-electron chi connectivity index (χ4n) is 2.63. The van der Waals surface area contributed by atoms with Crippen molar-refractivity contribution in [2.45, 2.75) is 90.9 Å². The molecule has 0 amide bonds. The van der Waals surface area contributed by atoms with Crippen LogP contribution in [0.5, 0.6) is 0 Å². The van der Waals surface area contributed by atoms with Crippen molar-refractivity contribution in [1.82, 2.24) is 4.90 Å². The summed E-state index contributed by atoms with van der Waals surface area (Å²) in [5.74, 6) is 0. The monoisotopic (exact) mass is 283 g/mol. The van der Waals surface area contributed by atoms with E-state index in [2.05, 4.69) is 18.7 Å². The van der Waals surface area contributed by atoms with E-state index in [0.29, 0.717) is 6.54 Å². The van der Waals surface area contributed by atoms with Gasteiger partial charge in [0.15, 0.2) is 0 Å². The smallest absolute Gasteiger partial charge is 0.133 e. The van der Waals surface area contributed by atoms with Crippen molar-refractivity contribution in [2.24, 2.45) is 0 Å². The fourth-order valence-corrected chi connectivity index (χ4v) is 2.63. The Morgan fingerprint density at radius 3 is 1.45 bits per heavy atom. The number of rotatable bonds is 16. The minimum Gasteiger partial charge on any atom is -0.302 e. The molecule has 0 aromatic heterocycles. The van der Waals surface area contributed by atoms with Crippen molar-refractivity contribution in [3.8, 4) is 0 Å². The van der Waals surface area contributed by atoms with Crippen LogP contribution in [0.2, 0.25) is 0 Å². The largest absolute Gasteiger partial charge is 0.302 e. The van der Waals surface area contributed by atoms with Crippen LogP contribution in [0.3, 0.4) is 0 Å². The summed E-state index contributed by atoms with van der Waals surface area (Å²) in [5.41, 5.74) is 0. The van der Waals surface area contributed by atoms with Crippen LogP contribution in [-0.4, -0.2) is 30.8 Å². The SMILES string of the molecule is CCCCCCCCN(CC=O)CCCCCCCC. The topological polar surface area (TPSA) is 20.3 Å². The van der Waals surface area contributed by atoms with Crippen molar-refractivity contribution in [3.05, 3.63) is 0 Å². The Balaban J connectivity index is 3.47. The zero-order chi connectivity index (χ0) is 14.9. The van der Waals surface area contributed by atoms with Gasteiger partial charge in [-0.15, -0.1) is 0 Å². The lowest BCUT2D eigenvalue weighted by Crippen LogP contribution is -2.28. The first-order chi connectivity index (χ1) is 9.85. The molecule has 0 saturated carbocycles. The van der Waals surface area contributed by atoms with Gasteiger partial charge in [-0.3, -0.25) is 4.90 Å². The molecule has 2 nitrogen and oxygen atoms in total. The van der Waals surface area contributed by atoms with Gasteiger partial charge in [-0.25, -0.2) is 0 Å². The lowest BCUT2D eigenvalue weighted by molar-refractivity contribution is -0.108. The second kappa shape index (κ2) is 16.7. The number of unbranched alkanes of at least 4 members (excludes halogenated alkanes) is 10. The summed E-state index contributed by atoms with van der Waals surface area (Å²) in [7, 11) is 0. The second-order valence-electron chi connectivity index (χ2n) is 6.00. The van der Waals surface area contributed by atoms with E-state index >= 15 is 0 Å². The zero-order valence-electron chi connectivity index (χ0n) is 14.0. The van der Waals surface area contributed by atoms with Crippen molar-refractivity contribution in [1.29, 1.82) is 0 Å². The first kappa shape index (κ1) is 19.6. The van der Waals surface area contributed by atoms with Gasteiger partial charge in [0.25, 0.3) is 0 Å². The van der Waals surface area contributed by atoms with Gasteiger partial charge >= 0.3 is 0 Å². The Morgan fingerprint density at radius 2 is 1.05 bits per heavy atom. The van der Waals surface area contributed by atoms with Gasteiger partial charge in [0.1, 0.15) is 6.29 Å². The van der Waals surface area contributed by atoms with Crippen LogP contribution in [-0.2, 0) is 4.79 Å². The average Bonchev–Trinajstić information content (AvgIpc) is 2.46. The number of aldehydes is 1. The Labute approximate surface area is 127 Å². The summed E-state index contributed by atoms with van der Waals surface area (Å²) < 4.78 is 0. The number of carbonyl (C=O) groups excluding carboxylic acids is 1. The molecule has 20 heavy (non-hydrogen) atoms. The predicted octanol–water partition coefficient (Wildman–Crippen LogP) is 5.21. The van der Waals surface area contributed by atoms with E-state index in [4.69, 9.17) is 0 Å². The van der Waals surface area contributed by atoms with Crippen LogP contribution in [0.4, 0.5) is 0 Å². The normalized spacial score (nSPS) is 11.2. The van der Waals surface area contributed by atoms with Gasteiger partial charge in [0.05, 0.1) is 6.54 Å². The zero-order valence-corrected chi connectivity index (χ0v) is 14.0. The maximum Gasteiger partial charge on any atom is 0.133 e. The van der Waals surface area contributed by atoms with Crippen molar-refractivity contribution in [2.75, 3.05) is 19.6 Å². The molecule has 0 heterocycles. The van der Waals surface area contributed by atoms with E-state index in [9.17, 15) is 4.79 Å². The first-order valence-electron chi connectivity index (χ1n) is 9.01. The van der Waals surface area contributed by atoms with E-state index in [1.165, 1.54) is 77.0 Å². The molecule has 0 fully saturated rings. The highest BCUT2D eigenvalue weighted by atomic mass is 16.1. The van der Waals surface area contributed by atoms with Crippen LogP contribution in [0.25, 0.3) is 0 Å². The van der Waals surface area contributed by atoms with Crippen molar-refractivity contribution in [3.63, 3.8) is 0 Å². The maximum atomic E-state index is 10.7. The molecule has 0 aromatic carbocycles. The Bertz CT molecular complexity index is 178. The lowest BCUT2D eigenvalue weighted by Gasteiger charge is -2.19. The first-order valence-corrected chi connectivity index (χ1v) is 9.01. The highest BCUT2D eigenvalue weighted by Gasteiger charge is 2.03. The van der Waals surface area contributed by atoms with Crippen LogP contribution >= 0.6 is 0 Å². The Kier molecular flexibility index (Phi) is 16.4. The predicted molar refractivity (Wildman–Crippen MR) is 89.3 cm³/mol. The van der Waals surface area contributed by atoms with E-state index in [1.54, 1.807) is 0 Å². The molecule has 0 rings (SSSR count). The van der Waals surface area contributed by atoms with Gasteiger partial charge in [-0.2, -0.15) is 0 Å². The highest BCUT2D eigenvalue weighted by Crippen LogP contribution is 2.08. The standard InChI is InChI=1S/C18H37NO/c1-3-5-7-9-11-13-15-19(17-18-20)16-14-12-10-8-6-4-2/h18H,3-17H2,1-2H3. The molecular formula is C18H37NO. The molecule has 0 N–H and O–H groups in total. The number of nitrogens with zero attached hydrogens (tertiary/aromatic N) is 1. The molecule has 0 aromatic rings. The van der Waals surface area contributed by atoms with Crippen LogP contribution in [0, 0.1) is 0 Å². The highest BCUT2D eigenvalue weighted by molar-refractivity contribution is 5.51. The van der Waals surface area contributed by atoms with E-state index < -0.39 is 0 Å². The molecule has 0 radical (unpaired) electrons. The molecule has 0 atom stereocenters. The third-order valence-corrected chi connectivity index (χ3v) is 3.99. The summed E-state index contributed by atoms with van der Waals surface area (Å²) in [4.78, 5) is 13.1. The lowest BCUT2D eigenvalue weighted by atomic mass is 10.1. The summed E-state index contributed by atoms with van der Waals surface area (Å²) in [5, 5.41) is 0. The molecule has 0 saturated heterocycles. The number of hydrogen-bond donors (Lipinski definition) is 0. The van der Waals surface area contributed by atoms with Crippen LogP contribution in [0.1, 0.15) is 90.9 Å². The summed E-state index contributed by atoms with van der Waals surface area (Å²) in [6.45, 7) is 7.36. The van der Waals surface area contributed by atoms with Crippen molar-refractivity contribution >= 4 is 6.29 Å². The molecule has 0 aliphatic rings. The molecule has 0 aliphatic carbocycles. The maximum absolute atomic E-state index is 10.7. The molecule has 0 bridgehead atoms. The molecular weight excluding hydrogens is 246 g/mol. The van der Waals surface area contributed by atoms with E-state index in [-0.39, 0.29) is 0 Å². The third-order valence-electron chi connectivity index (χ3n) is 3.99. The van der Waals surface area contributed by atoms with E-state index in [0.717, 1.165) is 19.4 Å². The van der Waals surface area contributed by atoms with Crippen LogP contribution < -0.4 is 0 Å². The fraction of sp³-hybridized carbons (Fsp3) is 0.944. The van der Waals surface area contributed by atoms with Gasteiger partial charge in [0.2, 0.25) is 0 Å². The Morgan fingerprint density at radius 1 is 0.650 bits per heavy atom. The summed E-state index contributed by atoms with van der Waals surface area (Å²) in [6.07, 6.45) is 17.1. The van der Waals surface area contributed by atoms with E-state index in [1.807, 2.05) is 0 Å². The number of hydrogen-bond acceptors (Lipinski definition) is 2. The third kappa shape index (κ3) is 14.0. The second-order valence-corrected chi connectivity index (χ2v) is 6.00. The Hall–Kier alpha value is -0.370. The minimum atomic E-state index is 0.629. The van der Waals surface area contributed by atoms with Crippen LogP contribution in [0.15, 0.2) is 0 Å². The molecule has 2 heteroatoms. The van der Waals surface area contributed by atoms with Gasteiger partial charge < -0.3 is 4.79 Å². The average molecular weight is 284 g/mol. The minimum absolute atomic E-state index is 0.629. The molecule has 0 aliphatic heterocycles. The van der Waals surface area contributed by atoms with Crippen molar-refractivity contribution < 1.29 is 4.79 Å². The molecule has 0 spiro atoms. The quantitative estimate of drug-likeness (QED) is 0.286. The molecule has 120 valence electrons. The summed E-state index contributed by atoms with van der Waals surface area (Å²) >= 11 is 0. The van der Waals surface area contributed by atoms with Gasteiger partial charge in [-0.05, 0) is 25.9 Å². The van der Waals surface area contributed by atoms with Gasteiger partial charge in [0, 0.05) is 0 Å². The number of carbonyl (C=O) groups is 1. The molecule has 0 unspecified atom stereocenters. The summed E-state index contributed by atoms with van der Waals surface area (Å²) in [6, 6.07) is 0. The van der Waals surface area contributed by atoms with Gasteiger partial charge in [-0.1, -0.05) is 78.1 Å².